The van der Waals surface area contributed by atoms with Crippen LogP contribution in [-0.2, 0) is 37.9 Å². The fourth-order valence-corrected chi connectivity index (χ4v) is 15.3. The normalized spacial score (nSPS) is 19.9. The predicted octanol–water partition coefficient (Wildman–Crippen LogP) is 19.0. The number of nitrogens with zero attached hydrogens (tertiary/aromatic N) is 2. The molecule has 0 spiro atoms. The maximum Gasteiger partial charge on any atom is 0.262 e. The minimum Gasteiger partial charge on any atom is -0.348 e. The molecule has 0 aliphatic carbocycles. The Morgan fingerprint density at radius 2 is 0.520 bits per heavy atom. The van der Waals surface area contributed by atoms with Gasteiger partial charge in [-0.3, -0.25) is 29.0 Å². The average molecular weight is 1320 g/mol. The van der Waals surface area contributed by atoms with Crippen LogP contribution < -0.4 is 0 Å². The maximum atomic E-state index is 16.2. The average Bonchev–Trinajstić information content (AvgIpc) is 0.674. The van der Waals surface area contributed by atoms with E-state index in [0.29, 0.717) is 121 Å². The van der Waals surface area contributed by atoms with Gasteiger partial charge in [0.2, 0.25) is 0 Å². The second kappa shape index (κ2) is 25.8. The molecule has 9 aromatic rings. The lowest BCUT2D eigenvalue weighted by Crippen LogP contribution is -2.41. The van der Waals surface area contributed by atoms with E-state index in [1.807, 2.05) is 97.1 Å². The predicted molar refractivity (Wildman–Crippen MR) is 382 cm³/mol. The maximum absolute atomic E-state index is 16.2. The van der Waals surface area contributed by atoms with Crippen molar-refractivity contribution in [3.05, 3.63) is 166 Å². The summed E-state index contributed by atoms with van der Waals surface area (Å²) < 4.78 is 50.6. The van der Waals surface area contributed by atoms with Gasteiger partial charge in [0.1, 0.15) is 0 Å². The third kappa shape index (κ3) is 12.0. The molecule has 98 heavy (non-hydrogen) atoms. The van der Waals surface area contributed by atoms with Gasteiger partial charge in [0.05, 0.1) is 75.1 Å². The highest BCUT2D eigenvalue weighted by Gasteiger charge is 2.43. The van der Waals surface area contributed by atoms with Gasteiger partial charge in [-0.25, -0.2) is 0 Å². The van der Waals surface area contributed by atoms with E-state index in [-0.39, 0.29) is 58.4 Å². The summed E-state index contributed by atoms with van der Waals surface area (Å²) in [6, 6.07) is 40.8. The van der Waals surface area contributed by atoms with Crippen molar-refractivity contribution in [1.82, 2.24) is 9.80 Å². The number of hydrogen-bond acceptors (Lipinski definition) is 12. The molecule has 508 valence electrons. The highest BCUT2D eigenvalue weighted by Crippen LogP contribution is 2.55. The number of benzene rings is 9. The van der Waals surface area contributed by atoms with Crippen molar-refractivity contribution in [2.24, 2.45) is 21.7 Å². The van der Waals surface area contributed by atoms with Crippen LogP contribution in [0.2, 0.25) is 0 Å². The largest absolute Gasteiger partial charge is 0.348 e. The van der Waals surface area contributed by atoms with Gasteiger partial charge in [-0.2, -0.15) is 0 Å². The lowest BCUT2D eigenvalue weighted by atomic mass is 9.75. The smallest absolute Gasteiger partial charge is 0.262 e. The first-order valence-electron chi connectivity index (χ1n) is 35.5. The molecule has 0 unspecified atom stereocenters. The zero-order chi connectivity index (χ0) is 68.2. The van der Waals surface area contributed by atoms with Gasteiger partial charge >= 0.3 is 0 Å². The molecule has 6 heterocycles. The van der Waals surface area contributed by atoms with Gasteiger partial charge in [0.25, 0.3) is 23.6 Å². The van der Waals surface area contributed by atoms with Gasteiger partial charge in [-0.1, -0.05) is 205 Å². The highest BCUT2D eigenvalue weighted by atomic mass is 16.7. The number of carbonyl (C=O) groups excluding carboxylic acids is 4. The van der Waals surface area contributed by atoms with Crippen molar-refractivity contribution >= 4 is 66.7 Å². The molecule has 0 atom stereocenters. The van der Waals surface area contributed by atoms with Crippen LogP contribution in [0.1, 0.15) is 209 Å². The Morgan fingerprint density at radius 1 is 0.306 bits per heavy atom. The Labute approximate surface area is 574 Å². The molecule has 0 N–H and O–H groups in total. The topological polar surface area (TPSA) is 149 Å². The first-order valence-corrected chi connectivity index (χ1v) is 35.5. The summed E-state index contributed by atoms with van der Waals surface area (Å²) in [5.41, 5.74) is 10.1. The van der Waals surface area contributed by atoms with Gasteiger partial charge in [-0.15, -0.1) is 0 Å². The molecular formula is C84H90N2O12. The van der Waals surface area contributed by atoms with E-state index in [2.05, 4.69) is 93.5 Å². The zero-order valence-electron chi connectivity index (χ0n) is 58.4. The van der Waals surface area contributed by atoms with Crippen LogP contribution in [0.3, 0.4) is 0 Å². The molecule has 15 rings (SSSR count). The van der Waals surface area contributed by atoms with E-state index in [9.17, 15) is 0 Å². The Bertz CT molecular complexity index is 4000. The molecule has 0 saturated carbocycles. The Kier molecular flexibility index (Phi) is 17.4. The van der Waals surface area contributed by atoms with Gasteiger partial charge < -0.3 is 37.9 Å². The first-order chi connectivity index (χ1) is 47.1. The van der Waals surface area contributed by atoms with Crippen LogP contribution in [-0.4, -0.2) is 99.4 Å². The summed E-state index contributed by atoms with van der Waals surface area (Å²) in [6.07, 6.45) is 4.58. The SMILES string of the molecule is CCCCCCN1C(=O)c2c(-c3ccc(C4OCC(C)(C)CO4)cc3)cc3c4cc(-c5ccc(C6OCC(C)(C)CO6)cc5)c5c6c(c(-c7ccc(C8OCC(C)(C)CO8)cc7)cc(c7cc(-c8ccc(C9OCC(C)(C)CO9)cc8)c(c2c37)C1=O)c64)C(=O)N(CCCCCC)C5=O. The third-order valence-electron chi connectivity index (χ3n) is 20.7. The third-order valence-corrected chi connectivity index (χ3v) is 20.7. The van der Waals surface area contributed by atoms with Gasteiger partial charge in [0.15, 0.2) is 25.2 Å². The van der Waals surface area contributed by atoms with Crippen molar-refractivity contribution in [2.75, 3.05) is 65.9 Å². The lowest BCUT2D eigenvalue weighted by molar-refractivity contribution is -0.226. The summed E-state index contributed by atoms with van der Waals surface area (Å²) in [7, 11) is 0. The summed E-state index contributed by atoms with van der Waals surface area (Å²) in [6.45, 7) is 26.0. The molecule has 0 bridgehead atoms. The molecule has 0 radical (unpaired) electrons. The molecule has 14 nitrogen and oxygen atoms in total. The van der Waals surface area contributed by atoms with Crippen molar-refractivity contribution in [1.29, 1.82) is 0 Å². The molecule has 14 heteroatoms. The molecular weight excluding hydrogens is 1230 g/mol. The number of fused-ring (bicyclic) bond motifs is 2. The number of amides is 4. The molecule has 4 fully saturated rings. The van der Waals surface area contributed by atoms with E-state index in [1.165, 1.54) is 9.80 Å². The van der Waals surface area contributed by atoms with E-state index < -0.39 is 25.2 Å². The van der Waals surface area contributed by atoms with Crippen molar-refractivity contribution < 1.29 is 57.1 Å². The molecule has 4 saturated heterocycles. The Balaban J connectivity index is 1.04. The molecule has 6 aliphatic heterocycles. The van der Waals surface area contributed by atoms with E-state index in [4.69, 9.17) is 37.9 Å². The Hall–Kier alpha value is -7.76. The molecule has 0 aromatic heterocycles. The first kappa shape index (κ1) is 66.1. The number of hydrogen-bond donors (Lipinski definition) is 0. The van der Waals surface area contributed by atoms with Crippen LogP contribution in [0.25, 0.3) is 87.6 Å². The summed E-state index contributed by atoms with van der Waals surface area (Å²) in [5.74, 6) is -1.46. The van der Waals surface area contributed by atoms with Crippen molar-refractivity contribution in [2.45, 2.75) is 146 Å². The van der Waals surface area contributed by atoms with Crippen molar-refractivity contribution in [3.63, 3.8) is 0 Å². The van der Waals surface area contributed by atoms with Gasteiger partial charge in [-0.05, 0) is 114 Å². The van der Waals surface area contributed by atoms with Crippen LogP contribution in [0.15, 0.2) is 121 Å². The number of ether oxygens (including phenoxy) is 8. The van der Waals surface area contributed by atoms with E-state index >= 15 is 19.2 Å². The molecule has 9 aromatic carbocycles. The minimum absolute atomic E-state index is 0.139. The lowest BCUT2D eigenvalue weighted by Gasteiger charge is -2.35. The number of carbonyl (C=O) groups is 4. The van der Waals surface area contributed by atoms with Gasteiger partial charge in [0, 0.05) is 67.8 Å². The molecule has 4 amide bonds. The number of imide groups is 2. The molecule has 6 aliphatic rings. The van der Waals surface area contributed by atoms with Crippen molar-refractivity contribution in [3.8, 4) is 44.5 Å². The van der Waals surface area contributed by atoms with Crippen LogP contribution >= 0.6 is 0 Å². The second-order valence-electron chi connectivity index (χ2n) is 31.5. The monoisotopic (exact) mass is 1320 g/mol. The van der Waals surface area contributed by atoms with Crippen LogP contribution in [0.5, 0.6) is 0 Å². The van der Waals surface area contributed by atoms with Crippen LogP contribution in [0, 0.1) is 21.7 Å². The summed E-state index contributed by atoms with van der Waals surface area (Å²) in [5, 5.41) is 5.61. The van der Waals surface area contributed by atoms with E-state index in [0.717, 1.165) is 115 Å². The Morgan fingerprint density at radius 3 is 0.724 bits per heavy atom. The highest BCUT2D eigenvalue weighted by molar-refractivity contribution is 6.44. The van der Waals surface area contributed by atoms with Crippen LogP contribution in [0.4, 0.5) is 0 Å². The number of rotatable bonds is 18. The summed E-state index contributed by atoms with van der Waals surface area (Å²) >= 11 is 0. The fourth-order valence-electron chi connectivity index (χ4n) is 15.3. The standard InChI is InChI=1S/C84H90N2O12/c1-11-13-15-17-35-85-73(87)67-57(49-19-27-53(28-20-49)77-91-41-81(3,4)42-92-77)37-61-63-39-59(51-23-31-55(32-24-51)79-95-45-83(7,8)46-96-79)69-72-66(63)64(62-38-58(68(74(85)88)71(67)65(61)62)50-21-29-54(30-22-50)78-93-43-82(5,6)44-94-78)40-60(70(72)76(90)86(75(69)89)36-18-16-14-12-2)52-25-33-56(34-26-52)80-97-47-84(9,10)48-98-80/h19-34,37-40,77-80H,11-18,35-36,41-48H2,1-10H3. The minimum atomic E-state index is -0.580. The number of unbranched alkanes of at least 4 members (excludes halogenated alkanes) is 6. The zero-order valence-corrected chi connectivity index (χ0v) is 58.4. The fraction of sp³-hybridized carbons (Fsp3) is 0.429. The van der Waals surface area contributed by atoms with E-state index in [1.54, 1.807) is 0 Å². The quantitative estimate of drug-likeness (QED) is 0.0348. The second-order valence-corrected chi connectivity index (χ2v) is 31.5. The summed E-state index contributed by atoms with van der Waals surface area (Å²) in [4.78, 5) is 67.8.